The summed E-state index contributed by atoms with van der Waals surface area (Å²) in [5.74, 6) is 0.204. The van der Waals surface area contributed by atoms with E-state index in [2.05, 4.69) is 15.1 Å². The first-order valence-electron chi connectivity index (χ1n) is 9.85. The maximum absolute atomic E-state index is 11.5. The van der Waals surface area contributed by atoms with E-state index in [0.29, 0.717) is 5.16 Å². The Hall–Kier alpha value is -2.87. The summed E-state index contributed by atoms with van der Waals surface area (Å²) in [6.07, 6.45) is 10.9. The largest absolute Gasteiger partial charge is 0.383 e. The second kappa shape index (κ2) is 9.30. The number of carbonyl (C=O) groups excluding carboxylic acids is 1. The molecule has 0 N–H and O–H groups in total. The highest BCUT2D eigenvalue weighted by molar-refractivity contribution is 7.84. The molecule has 3 aromatic rings. The minimum absolute atomic E-state index is 0.204. The van der Waals surface area contributed by atoms with Gasteiger partial charge in [0.25, 0.3) is 0 Å². The van der Waals surface area contributed by atoms with Crippen molar-refractivity contribution in [3.8, 4) is 0 Å². The molecule has 1 aromatic carbocycles. The molecule has 0 saturated carbocycles. The molecule has 158 valence electrons. The molecule has 0 spiro atoms. The lowest BCUT2D eigenvalue weighted by atomic mass is 9.94. The number of hydrogen-bond acceptors (Lipinski definition) is 6. The summed E-state index contributed by atoms with van der Waals surface area (Å²) in [4.78, 5) is 21.9. The van der Waals surface area contributed by atoms with Crippen LogP contribution < -0.4 is 0 Å². The Bertz CT molecular complexity index is 1180. The van der Waals surface area contributed by atoms with Gasteiger partial charge in [-0.3, -0.25) is 13.7 Å². The molecule has 0 aliphatic heterocycles. The van der Waals surface area contributed by atoms with Crippen molar-refractivity contribution in [2.24, 2.45) is 0 Å². The Morgan fingerprint density at radius 2 is 1.97 bits per heavy atom. The highest BCUT2D eigenvalue weighted by Crippen LogP contribution is 2.23. The minimum Gasteiger partial charge on any atom is -0.383 e. The molecule has 0 saturated heterocycles. The molecule has 30 heavy (non-hydrogen) atoms. The van der Waals surface area contributed by atoms with Crippen LogP contribution in [0, 0.1) is 0 Å². The van der Waals surface area contributed by atoms with Gasteiger partial charge in [-0.25, -0.2) is 9.97 Å². The first-order chi connectivity index (χ1) is 14.3. The zero-order chi connectivity index (χ0) is 21.8. The fourth-order valence-corrected chi connectivity index (χ4v) is 3.78. The van der Waals surface area contributed by atoms with Crippen molar-refractivity contribution in [1.82, 2.24) is 24.6 Å². The summed E-state index contributed by atoms with van der Waals surface area (Å²) in [5, 5.41) is 6.65. The SMILES string of the molecule is CC1=CCC/C(=C/N(C)C)C1=O.CCn1ncc2ccc3cnc(S(C)=O)nc3c21. The molecule has 2 aromatic heterocycles. The van der Waals surface area contributed by atoms with Crippen LogP contribution in [0.1, 0.15) is 26.7 Å². The van der Waals surface area contributed by atoms with Crippen LogP contribution in [0.15, 0.2) is 53.1 Å². The maximum Gasteiger partial charge on any atom is 0.218 e. The Balaban J connectivity index is 0.000000187. The van der Waals surface area contributed by atoms with Gasteiger partial charge in [0.2, 0.25) is 5.16 Å². The smallest absolute Gasteiger partial charge is 0.218 e. The molecule has 8 heteroatoms. The molecule has 0 fully saturated rings. The standard InChI is InChI=1S/C12H12N4OS.C10H15NO/c1-3-16-11-9(7-14-16)5-4-8-6-13-12(18(2)17)15-10(8)11;1-8-5-4-6-9(10(8)12)7-11(2)3/h4-7H,3H2,1-2H3;5,7H,4,6H2,1-3H3/b;9-7-. The van der Waals surface area contributed by atoms with E-state index in [1.165, 1.54) is 0 Å². The van der Waals surface area contributed by atoms with Crippen molar-refractivity contribution >= 4 is 38.4 Å². The molecular formula is C22H27N5O2S. The molecule has 0 radical (unpaired) electrons. The quantitative estimate of drug-likeness (QED) is 0.472. The van der Waals surface area contributed by atoms with E-state index in [4.69, 9.17) is 0 Å². The summed E-state index contributed by atoms with van der Waals surface area (Å²) in [7, 11) is 2.70. The topological polar surface area (TPSA) is 81.0 Å². The molecular weight excluding hydrogens is 398 g/mol. The zero-order valence-corrected chi connectivity index (χ0v) is 18.9. The maximum atomic E-state index is 11.5. The molecule has 4 rings (SSSR count). The Labute approximate surface area is 179 Å². The first kappa shape index (κ1) is 21.8. The lowest BCUT2D eigenvalue weighted by Crippen LogP contribution is -2.13. The summed E-state index contributed by atoms with van der Waals surface area (Å²) < 4.78 is 13.4. The average molecular weight is 426 g/mol. The van der Waals surface area contributed by atoms with Gasteiger partial charge in [-0.1, -0.05) is 18.2 Å². The Morgan fingerprint density at radius 3 is 2.63 bits per heavy atom. The van der Waals surface area contributed by atoms with Crippen molar-refractivity contribution in [3.05, 3.63) is 47.9 Å². The van der Waals surface area contributed by atoms with Gasteiger partial charge in [0.05, 0.1) is 22.5 Å². The van der Waals surface area contributed by atoms with Gasteiger partial charge in [-0.15, -0.1) is 0 Å². The monoisotopic (exact) mass is 425 g/mol. The number of allylic oxidation sites excluding steroid dienone is 3. The van der Waals surface area contributed by atoms with Gasteiger partial charge in [0.15, 0.2) is 5.78 Å². The molecule has 1 aliphatic rings. The molecule has 1 aliphatic carbocycles. The highest BCUT2D eigenvalue weighted by Gasteiger charge is 2.15. The number of aryl methyl sites for hydroxylation is 1. The van der Waals surface area contributed by atoms with E-state index < -0.39 is 10.8 Å². The van der Waals surface area contributed by atoms with Gasteiger partial charge in [0.1, 0.15) is 5.52 Å². The van der Waals surface area contributed by atoms with E-state index in [-0.39, 0.29) is 5.78 Å². The predicted molar refractivity (Wildman–Crippen MR) is 121 cm³/mol. The van der Waals surface area contributed by atoms with E-state index in [1.807, 2.05) is 68.1 Å². The molecule has 1 atom stereocenters. The van der Waals surface area contributed by atoms with Crippen LogP contribution >= 0.6 is 0 Å². The van der Waals surface area contributed by atoms with Gasteiger partial charge in [0, 0.05) is 55.6 Å². The molecule has 7 nitrogen and oxygen atoms in total. The van der Waals surface area contributed by atoms with E-state index in [0.717, 1.165) is 52.3 Å². The third kappa shape index (κ3) is 4.64. The van der Waals surface area contributed by atoms with E-state index >= 15 is 0 Å². The number of aromatic nitrogens is 4. The number of hydrogen-bond donors (Lipinski definition) is 0. The summed E-state index contributed by atoms with van der Waals surface area (Å²) in [5.41, 5.74) is 3.60. The second-order valence-electron chi connectivity index (χ2n) is 7.38. The van der Waals surface area contributed by atoms with Crippen LogP contribution in [0.3, 0.4) is 0 Å². The normalized spacial score (nSPS) is 16.4. The number of Topliss-reactive ketones (excluding diaryl/α,β-unsaturated/α-hetero) is 1. The van der Waals surface area contributed by atoms with Crippen molar-refractivity contribution in [2.45, 2.75) is 38.4 Å². The summed E-state index contributed by atoms with van der Waals surface area (Å²) in [6, 6.07) is 3.96. The van der Waals surface area contributed by atoms with Crippen LogP contribution in [0.25, 0.3) is 21.8 Å². The minimum atomic E-state index is -1.18. The summed E-state index contributed by atoms with van der Waals surface area (Å²) >= 11 is 0. The van der Waals surface area contributed by atoms with Crippen molar-refractivity contribution in [2.75, 3.05) is 20.4 Å². The van der Waals surface area contributed by atoms with E-state index in [9.17, 15) is 9.00 Å². The van der Waals surface area contributed by atoms with Crippen LogP contribution in [0.5, 0.6) is 0 Å². The Morgan fingerprint density at radius 1 is 1.23 bits per heavy atom. The van der Waals surface area contributed by atoms with E-state index in [1.54, 1.807) is 12.5 Å². The lowest BCUT2D eigenvalue weighted by Gasteiger charge is -2.14. The number of rotatable bonds is 3. The van der Waals surface area contributed by atoms with Crippen LogP contribution in [-0.2, 0) is 22.1 Å². The second-order valence-corrected chi connectivity index (χ2v) is 8.65. The number of carbonyl (C=O) groups is 1. The number of benzene rings is 1. The Kier molecular flexibility index (Phi) is 6.77. The van der Waals surface area contributed by atoms with Gasteiger partial charge >= 0.3 is 0 Å². The van der Waals surface area contributed by atoms with Gasteiger partial charge in [-0.05, 0) is 32.3 Å². The van der Waals surface area contributed by atoms with Crippen molar-refractivity contribution in [1.29, 1.82) is 0 Å². The summed E-state index contributed by atoms with van der Waals surface area (Å²) in [6.45, 7) is 4.69. The predicted octanol–water partition coefficient (Wildman–Crippen LogP) is 3.48. The number of ketones is 1. The molecule has 0 bridgehead atoms. The molecule has 0 amide bonds. The number of fused-ring (bicyclic) bond motifs is 3. The van der Waals surface area contributed by atoms with Gasteiger partial charge in [-0.2, -0.15) is 5.10 Å². The zero-order valence-electron chi connectivity index (χ0n) is 18.0. The fourth-order valence-electron chi connectivity index (χ4n) is 3.36. The fraction of sp³-hybridized carbons (Fsp3) is 0.364. The average Bonchev–Trinajstić information content (AvgIpc) is 3.15. The van der Waals surface area contributed by atoms with Crippen molar-refractivity contribution in [3.63, 3.8) is 0 Å². The molecule has 1 unspecified atom stereocenters. The molecule has 2 heterocycles. The van der Waals surface area contributed by atoms with Crippen LogP contribution in [-0.4, -0.2) is 55.0 Å². The highest BCUT2D eigenvalue weighted by atomic mass is 32.2. The number of nitrogens with zero attached hydrogens (tertiary/aromatic N) is 5. The van der Waals surface area contributed by atoms with Crippen LogP contribution in [0.4, 0.5) is 0 Å². The third-order valence-corrected chi connectivity index (χ3v) is 5.53. The lowest BCUT2D eigenvalue weighted by molar-refractivity contribution is -0.112. The van der Waals surface area contributed by atoms with Gasteiger partial charge < -0.3 is 4.90 Å². The first-order valence-corrected chi connectivity index (χ1v) is 11.4. The van der Waals surface area contributed by atoms with Crippen LogP contribution in [0.2, 0.25) is 0 Å². The van der Waals surface area contributed by atoms with Crippen molar-refractivity contribution < 1.29 is 9.00 Å². The third-order valence-electron chi connectivity index (χ3n) is 4.81.